The van der Waals surface area contributed by atoms with Gasteiger partial charge in [0, 0.05) is 17.1 Å². The number of carbonyl (C=O) groups excluding carboxylic acids is 1. The highest BCUT2D eigenvalue weighted by Gasteiger charge is 2.33. The summed E-state index contributed by atoms with van der Waals surface area (Å²) in [6.07, 6.45) is 1.70. The maximum absolute atomic E-state index is 12.4. The van der Waals surface area contributed by atoms with E-state index in [0.29, 0.717) is 22.7 Å². The minimum Gasteiger partial charge on any atom is -0.421 e. The van der Waals surface area contributed by atoms with Gasteiger partial charge in [-0.25, -0.2) is 13.2 Å². The third kappa shape index (κ3) is 3.61. The van der Waals surface area contributed by atoms with Crippen LogP contribution in [0.3, 0.4) is 0 Å². The molecule has 8 heteroatoms. The molecule has 0 saturated heterocycles. The quantitative estimate of drug-likeness (QED) is 0.579. The largest absolute Gasteiger partial charge is 0.421 e. The summed E-state index contributed by atoms with van der Waals surface area (Å²) in [4.78, 5) is 12.4. The van der Waals surface area contributed by atoms with Crippen LogP contribution < -0.4 is 9.04 Å². The van der Waals surface area contributed by atoms with Gasteiger partial charge in [0.15, 0.2) is 5.75 Å². The van der Waals surface area contributed by atoms with Crippen LogP contribution in [0.4, 0.5) is 5.69 Å². The summed E-state index contributed by atoms with van der Waals surface area (Å²) in [7, 11) is -3.37. The van der Waals surface area contributed by atoms with E-state index in [1.54, 1.807) is 24.3 Å². The molecule has 2 aromatic carbocycles. The molecule has 0 N–H and O–H groups in total. The summed E-state index contributed by atoms with van der Waals surface area (Å²) in [6, 6.07) is 9.21. The summed E-state index contributed by atoms with van der Waals surface area (Å²) < 4.78 is 30.6. The van der Waals surface area contributed by atoms with Crippen molar-refractivity contribution in [3.05, 3.63) is 57.6 Å². The molecule has 0 radical (unpaired) electrons. The Labute approximate surface area is 156 Å². The number of hydrogen-bond donors (Lipinski definition) is 0. The molecule has 132 valence electrons. The summed E-state index contributed by atoms with van der Waals surface area (Å²) in [5.41, 5.74) is 1.69. The topological polar surface area (TPSA) is 63.7 Å². The Morgan fingerprint density at radius 1 is 1.20 bits per heavy atom. The fraction of sp³-hybridized carbons (Fsp3) is 0.235. The van der Waals surface area contributed by atoms with Crippen LogP contribution in [0, 0.1) is 0 Å². The first-order chi connectivity index (χ1) is 11.7. The molecule has 0 aromatic heterocycles. The maximum atomic E-state index is 12.4. The molecule has 0 bridgehead atoms. The third-order valence-corrected chi connectivity index (χ3v) is 5.74. The number of benzene rings is 2. The Kier molecular flexibility index (Phi) is 4.70. The SMILES string of the molecule is CC1Cc2cc(C(=O)Oc3cc(Cl)ccc3Cl)ccc2N1S(C)(=O)=O. The number of carbonyl (C=O) groups is 1. The number of sulfonamides is 1. The van der Waals surface area contributed by atoms with Crippen LogP contribution in [0.25, 0.3) is 0 Å². The number of ether oxygens (including phenoxy) is 1. The molecule has 0 aliphatic carbocycles. The summed E-state index contributed by atoms with van der Waals surface area (Å²) in [5, 5.41) is 0.676. The molecule has 25 heavy (non-hydrogen) atoms. The van der Waals surface area contributed by atoms with Gasteiger partial charge in [0.05, 0.1) is 22.5 Å². The highest BCUT2D eigenvalue weighted by Crippen LogP contribution is 2.35. The number of esters is 1. The van der Waals surface area contributed by atoms with Crippen LogP contribution in [0.5, 0.6) is 5.75 Å². The molecular weight excluding hydrogens is 385 g/mol. The van der Waals surface area contributed by atoms with Gasteiger partial charge in [0.2, 0.25) is 10.0 Å². The van der Waals surface area contributed by atoms with Crippen LogP contribution in [0.2, 0.25) is 10.0 Å². The lowest BCUT2D eigenvalue weighted by Gasteiger charge is -2.21. The molecule has 3 rings (SSSR count). The van der Waals surface area contributed by atoms with Gasteiger partial charge in [0.1, 0.15) is 0 Å². The Bertz CT molecular complexity index is 959. The standard InChI is InChI=1S/C17H15Cl2NO4S/c1-10-7-12-8-11(3-6-15(12)20(10)25(2,22)23)17(21)24-16-9-13(18)4-5-14(16)19/h3-6,8-10H,7H2,1-2H3. The molecule has 1 atom stereocenters. The predicted molar refractivity (Wildman–Crippen MR) is 98.4 cm³/mol. The number of hydrogen-bond acceptors (Lipinski definition) is 4. The minimum atomic E-state index is -3.37. The smallest absolute Gasteiger partial charge is 0.343 e. The molecule has 0 fully saturated rings. The Balaban J connectivity index is 1.89. The molecule has 1 heterocycles. The summed E-state index contributed by atoms with van der Waals surface area (Å²) in [5.74, 6) is -0.414. The maximum Gasteiger partial charge on any atom is 0.343 e. The molecule has 1 aliphatic rings. The summed E-state index contributed by atoms with van der Waals surface area (Å²) in [6.45, 7) is 1.82. The first kappa shape index (κ1) is 18.0. The van der Waals surface area contributed by atoms with Gasteiger partial charge in [-0.05, 0) is 49.2 Å². The number of rotatable bonds is 3. The van der Waals surface area contributed by atoms with E-state index < -0.39 is 16.0 Å². The second-order valence-electron chi connectivity index (χ2n) is 5.92. The van der Waals surface area contributed by atoms with Gasteiger partial charge in [-0.2, -0.15) is 0 Å². The second-order valence-corrected chi connectivity index (χ2v) is 8.62. The first-order valence-electron chi connectivity index (χ1n) is 7.46. The Hall–Kier alpha value is -1.76. The average molecular weight is 400 g/mol. The van der Waals surface area contributed by atoms with E-state index >= 15 is 0 Å². The van der Waals surface area contributed by atoms with Crippen molar-refractivity contribution in [2.75, 3.05) is 10.6 Å². The van der Waals surface area contributed by atoms with Crippen molar-refractivity contribution in [1.82, 2.24) is 0 Å². The molecule has 1 aliphatic heterocycles. The van der Waals surface area contributed by atoms with E-state index in [4.69, 9.17) is 27.9 Å². The lowest BCUT2D eigenvalue weighted by molar-refractivity contribution is 0.0735. The van der Waals surface area contributed by atoms with Gasteiger partial charge in [-0.1, -0.05) is 23.2 Å². The van der Waals surface area contributed by atoms with E-state index in [1.165, 1.54) is 22.7 Å². The molecule has 2 aromatic rings. The zero-order valence-corrected chi connectivity index (χ0v) is 15.8. The number of nitrogens with zero attached hydrogens (tertiary/aromatic N) is 1. The zero-order chi connectivity index (χ0) is 18.4. The van der Waals surface area contributed by atoms with Crippen LogP contribution in [0.1, 0.15) is 22.8 Å². The molecule has 5 nitrogen and oxygen atoms in total. The van der Waals surface area contributed by atoms with Crippen molar-refractivity contribution >= 4 is 44.9 Å². The highest BCUT2D eigenvalue weighted by molar-refractivity contribution is 7.92. The molecule has 0 amide bonds. The lowest BCUT2D eigenvalue weighted by Crippen LogP contribution is -2.34. The lowest BCUT2D eigenvalue weighted by atomic mass is 10.1. The van der Waals surface area contributed by atoms with Crippen molar-refractivity contribution < 1.29 is 17.9 Å². The average Bonchev–Trinajstić information content (AvgIpc) is 2.85. The van der Waals surface area contributed by atoms with Crippen LogP contribution in [-0.2, 0) is 16.4 Å². The monoisotopic (exact) mass is 399 g/mol. The van der Waals surface area contributed by atoms with Crippen LogP contribution in [0.15, 0.2) is 36.4 Å². The van der Waals surface area contributed by atoms with E-state index in [1.807, 2.05) is 6.92 Å². The third-order valence-electron chi connectivity index (χ3n) is 3.92. The van der Waals surface area contributed by atoms with Crippen molar-refractivity contribution in [3.63, 3.8) is 0 Å². The van der Waals surface area contributed by atoms with E-state index in [0.717, 1.165) is 5.56 Å². The number of anilines is 1. The number of fused-ring (bicyclic) bond motifs is 1. The van der Waals surface area contributed by atoms with E-state index in [2.05, 4.69) is 0 Å². The van der Waals surface area contributed by atoms with Gasteiger partial charge >= 0.3 is 5.97 Å². The summed E-state index contributed by atoms with van der Waals surface area (Å²) >= 11 is 11.9. The molecule has 1 unspecified atom stereocenters. The normalized spacial score (nSPS) is 16.6. The van der Waals surface area contributed by atoms with Gasteiger partial charge in [0.25, 0.3) is 0 Å². The fourth-order valence-corrected chi connectivity index (χ4v) is 4.53. The molecule has 0 spiro atoms. The highest BCUT2D eigenvalue weighted by atomic mass is 35.5. The number of halogens is 2. The van der Waals surface area contributed by atoms with Gasteiger partial charge < -0.3 is 4.74 Å². The fourth-order valence-electron chi connectivity index (χ4n) is 2.95. The minimum absolute atomic E-state index is 0.172. The van der Waals surface area contributed by atoms with Crippen LogP contribution in [-0.4, -0.2) is 26.7 Å². The van der Waals surface area contributed by atoms with Crippen molar-refractivity contribution in [2.24, 2.45) is 0 Å². The van der Waals surface area contributed by atoms with Crippen molar-refractivity contribution in [3.8, 4) is 5.75 Å². The second kappa shape index (κ2) is 6.52. The molecular formula is C17H15Cl2NO4S. The zero-order valence-electron chi connectivity index (χ0n) is 13.5. The van der Waals surface area contributed by atoms with Crippen molar-refractivity contribution in [2.45, 2.75) is 19.4 Å². The first-order valence-corrected chi connectivity index (χ1v) is 10.1. The van der Waals surface area contributed by atoms with Crippen molar-refractivity contribution in [1.29, 1.82) is 0 Å². The van der Waals surface area contributed by atoms with Gasteiger partial charge in [-0.3, -0.25) is 4.31 Å². The Morgan fingerprint density at radius 2 is 1.92 bits per heavy atom. The molecule has 0 saturated carbocycles. The van der Waals surface area contributed by atoms with Crippen LogP contribution >= 0.6 is 23.2 Å². The van der Waals surface area contributed by atoms with Gasteiger partial charge in [-0.15, -0.1) is 0 Å². The van der Waals surface area contributed by atoms with E-state index in [9.17, 15) is 13.2 Å². The van der Waals surface area contributed by atoms with E-state index in [-0.39, 0.29) is 16.8 Å². The Morgan fingerprint density at radius 3 is 2.60 bits per heavy atom. The predicted octanol–water partition coefficient (Wildman–Crippen LogP) is 3.92.